The lowest BCUT2D eigenvalue weighted by molar-refractivity contribution is -0.120. The van der Waals surface area contributed by atoms with Crippen LogP contribution in [0.4, 0.5) is 0 Å². The molecule has 5 N–H and O–H groups in total. The van der Waals surface area contributed by atoms with Crippen LogP contribution in [0, 0.1) is 0 Å². The molecule has 4 rings (SSSR count). The average Bonchev–Trinajstić information content (AvgIpc) is 2.92. The Bertz CT molecular complexity index is 1480. The maximum absolute atomic E-state index is 12.6. The highest BCUT2D eigenvalue weighted by Crippen LogP contribution is 2.28. The van der Waals surface area contributed by atoms with Crippen molar-refractivity contribution in [2.24, 2.45) is 0 Å². The zero-order valence-electron chi connectivity index (χ0n) is 22.2. The molecular weight excluding hydrogens is 494 g/mol. The van der Waals surface area contributed by atoms with Crippen molar-refractivity contribution < 1.29 is 19.7 Å². The predicted molar refractivity (Wildman–Crippen MR) is 152 cm³/mol. The number of aromatic nitrogens is 1. The summed E-state index contributed by atoms with van der Waals surface area (Å²) in [5.74, 6) is 0.682. The fourth-order valence-electron chi connectivity index (χ4n) is 4.65. The van der Waals surface area contributed by atoms with E-state index in [4.69, 9.17) is 4.74 Å². The summed E-state index contributed by atoms with van der Waals surface area (Å²) in [7, 11) is 0. The number of phenolic OH excluding ortho intramolecular Hbond substituents is 1. The van der Waals surface area contributed by atoms with E-state index >= 15 is 0 Å². The van der Waals surface area contributed by atoms with Crippen LogP contribution in [0.25, 0.3) is 10.9 Å². The van der Waals surface area contributed by atoms with Crippen molar-refractivity contribution in [3.63, 3.8) is 0 Å². The molecule has 8 heteroatoms. The molecule has 2 atom stereocenters. The van der Waals surface area contributed by atoms with Gasteiger partial charge in [0, 0.05) is 36.1 Å². The van der Waals surface area contributed by atoms with Crippen LogP contribution in [0.5, 0.6) is 11.5 Å². The van der Waals surface area contributed by atoms with Crippen LogP contribution in [-0.2, 0) is 24.2 Å². The van der Waals surface area contributed by atoms with Crippen molar-refractivity contribution in [3.05, 3.63) is 105 Å². The van der Waals surface area contributed by atoms with Crippen molar-refractivity contribution in [2.75, 3.05) is 13.2 Å². The lowest BCUT2D eigenvalue weighted by Gasteiger charge is -2.19. The Kier molecular flexibility index (Phi) is 9.35. The number of nitrogens with one attached hydrogen (secondary N) is 3. The Morgan fingerprint density at radius 3 is 2.64 bits per heavy atom. The van der Waals surface area contributed by atoms with Crippen LogP contribution < -0.4 is 20.9 Å². The predicted octanol–water partition coefficient (Wildman–Crippen LogP) is 3.75. The number of aliphatic hydroxyl groups is 1. The van der Waals surface area contributed by atoms with E-state index in [2.05, 4.69) is 15.6 Å². The van der Waals surface area contributed by atoms with E-state index in [1.807, 2.05) is 62.4 Å². The minimum Gasteiger partial charge on any atom is -0.506 e. The van der Waals surface area contributed by atoms with Gasteiger partial charge in [-0.25, -0.2) is 0 Å². The summed E-state index contributed by atoms with van der Waals surface area (Å²) in [6.07, 6.45) is 0.165. The molecule has 39 heavy (non-hydrogen) atoms. The molecule has 0 aliphatic heterocycles. The number of hydrogen-bond acceptors (Lipinski definition) is 6. The maximum Gasteiger partial charge on any atom is 0.248 e. The third kappa shape index (κ3) is 7.46. The molecule has 1 amide bonds. The molecule has 204 valence electrons. The monoisotopic (exact) mass is 529 g/mol. The van der Waals surface area contributed by atoms with Gasteiger partial charge >= 0.3 is 0 Å². The number of rotatable bonds is 12. The van der Waals surface area contributed by atoms with Crippen molar-refractivity contribution in [3.8, 4) is 11.5 Å². The summed E-state index contributed by atoms with van der Waals surface area (Å²) in [5.41, 5.74) is 3.58. The molecule has 8 nitrogen and oxygen atoms in total. The van der Waals surface area contributed by atoms with Crippen molar-refractivity contribution in [1.82, 2.24) is 15.6 Å². The minimum absolute atomic E-state index is 0.0381. The van der Waals surface area contributed by atoms with E-state index in [-0.39, 0.29) is 29.7 Å². The van der Waals surface area contributed by atoms with Gasteiger partial charge in [-0.3, -0.25) is 9.59 Å². The number of aliphatic hydroxyl groups excluding tert-OH is 1. The highest BCUT2D eigenvalue weighted by molar-refractivity contribution is 5.87. The van der Waals surface area contributed by atoms with E-state index in [0.29, 0.717) is 42.6 Å². The third-order valence-electron chi connectivity index (χ3n) is 6.57. The van der Waals surface area contributed by atoms with Gasteiger partial charge in [-0.1, -0.05) is 48.5 Å². The second kappa shape index (κ2) is 13.1. The molecule has 0 saturated heterocycles. The zero-order valence-corrected chi connectivity index (χ0v) is 22.2. The van der Waals surface area contributed by atoms with Crippen LogP contribution in [0.3, 0.4) is 0 Å². The first kappa shape index (κ1) is 27.9. The lowest BCUT2D eigenvalue weighted by Crippen LogP contribution is -2.32. The normalized spacial score (nSPS) is 12.7. The van der Waals surface area contributed by atoms with E-state index in [0.717, 1.165) is 22.4 Å². The molecule has 0 aliphatic rings. The number of carbonyl (C=O) groups is 1. The SMILES string of the molecule is CCOc1ccccc1CNC(=O)Cc1cccc(C[C@@H](C)NC[C@@H](O)c2ccc(O)c3[nH]c(=O)ccc23)c1. The number of amides is 1. The molecule has 1 aromatic heterocycles. The lowest BCUT2D eigenvalue weighted by atomic mass is 10.0. The van der Waals surface area contributed by atoms with Gasteiger partial charge in [0.1, 0.15) is 11.5 Å². The van der Waals surface area contributed by atoms with Gasteiger partial charge in [0.25, 0.3) is 0 Å². The second-order valence-electron chi connectivity index (χ2n) is 9.63. The Morgan fingerprint density at radius 2 is 1.82 bits per heavy atom. The van der Waals surface area contributed by atoms with E-state index in [1.165, 1.54) is 12.1 Å². The van der Waals surface area contributed by atoms with Crippen LogP contribution in [0.2, 0.25) is 0 Å². The van der Waals surface area contributed by atoms with Gasteiger partial charge in [-0.15, -0.1) is 0 Å². The number of aromatic amines is 1. The first-order valence-electron chi connectivity index (χ1n) is 13.2. The van der Waals surface area contributed by atoms with Crippen molar-refractivity contribution in [1.29, 1.82) is 0 Å². The molecule has 0 radical (unpaired) electrons. The maximum atomic E-state index is 12.6. The largest absolute Gasteiger partial charge is 0.506 e. The number of fused-ring (bicyclic) bond motifs is 1. The first-order valence-corrected chi connectivity index (χ1v) is 13.2. The number of H-pyrrole nitrogens is 1. The minimum atomic E-state index is -0.829. The quantitative estimate of drug-likeness (QED) is 0.191. The molecule has 0 saturated carbocycles. The summed E-state index contributed by atoms with van der Waals surface area (Å²) in [6.45, 7) is 5.24. The number of phenols is 1. The molecule has 0 unspecified atom stereocenters. The van der Waals surface area contributed by atoms with Crippen molar-refractivity contribution >= 4 is 16.8 Å². The van der Waals surface area contributed by atoms with E-state index in [9.17, 15) is 19.8 Å². The zero-order chi connectivity index (χ0) is 27.8. The highest BCUT2D eigenvalue weighted by atomic mass is 16.5. The number of hydrogen-bond donors (Lipinski definition) is 5. The molecule has 0 fully saturated rings. The fraction of sp³-hybridized carbons (Fsp3) is 0.290. The van der Waals surface area contributed by atoms with Crippen molar-refractivity contribution in [2.45, 2.75) is 45.4 Å². The van der Waals surface area contributed by atoms with E-state index < -0.39 is 6.10 Å². The van der Waals surface area contributed by atoms with Gasteiger partial charge in [0.05, 0.1) is 24.6 Å². The van der Waals surface area contributed by atoms with Gasteiger partial charge in [0.2, 0.25) is 11.5 Å². The fourth-order valence-corrected chi connectivity index (χ4v) is 4.65. The number of carbonyl (C=O) groups excluding carboxylic acids is 1. The third-order valence-corrected chi connectivity index (χ3v) is 6.57. The number of benzene rings is 3. The topological polar surface area (TPSA) is 124 Å². The summed E-state index contributed by atoms with van der Waals surface area (Å²) in [4.78, 5) is 26.9. The van der Waals surface area contributed by atoms with Crippen LogP contribution in [0.15, 0.2) is 77.6 Å². The summed E-state index contributed by atoms with van der Waals surface area (Å²) in [5, 5.41) is 27.8. The summed E-state index contributed by atoms with van der Waals surface area (Å²) < 4.78 is 5.63. The van der Waals surface area contributed by atoms with Gasteiger partial charge in [0.15, 0.2) is 0 Å². The Balaban J connectivity index is 1.30. The Hall–Kier alpha value is -4.14. The van der Waals surface area contributed by atoms with E-state index in [1.54, 1.807) is 12.1 Å². The summed E-state index contributed by atoms with van der Waals surface area (Å²) in [6, 6.07) is 21.8. The number of pyridine rings is 1. The molecule has 4 aromatic rings. The molecule has 0 aliphatic carbocycles. The highest BCUT2D eigenvalue weighted by Gasteiger charge is 2.15. The number of aromatic hydroxyl groups is 1. The van der Waals surface area contributed by atoms with Gasteiger partial charge in [-0.2, -0.15) is 0 Å². The van der Waals surface area contributed by atoms with Crippen LogP contribution in [0.1, 0.15) is 42.2 Å². The number of para-hydroxylation sites is 1. The Morgan fingerprint density at radius 1 is 1.03 bits per heavy atom. The van der Waals surface area contributed by atoms with Crippen LogP contribution >= 0.6 is 0 Å². The smallest absolute Gasteiger partial charge is 0.248 e. The van der Waals surface area contributed by atoms with Gasteiger partial charge in [-0.05, 0) is 55.2 Å². The Labute approximate surface area is 227 Å². The van der Waals surface area contributed by atoms with Crippen LogP contribution in [-0.4, -0.2) is 40.3 Å². The summed E-state index contributed by atoms with van der Waals surface area (Å²) >= 11 is 0. The molecule has 0 spiro atoms. The average molecular weight is 530 g/mol. The second-order valence-corrected chi connectivity index (χ2v) is 9.63. The molecule has 3 aromatic carbocycles. The standard InChI is InChI=1S/C31H35N3O5/c1-3-39-28-10-5-4-9-23(28)18-33-30(38)17-22-8-6-7-21(16-22)15-20(2)32-19-27(36)24-11-13-26(35)31-25(24)12-14-29(37)34-31/h4-14,16,20,27,32,35-36H,3,15,17-19H2,1-2H3,(H,33,38)(H,34,37)/t20-,27-/m1/s1. The first-order chi connectivity index (χ1) is 18.8. The molecule has 1 heterocycles. The van der Waals surface area contributed by atoms with Gasteiger partial charge < -0.3 is 30.6 Å². The molecule has 0 bridgehead atoms. The number of ether oxygens (including phenoxy) is 1. The molecular formula is C31H35N3O5.